The molecule has 0 spiro atoms. The fourth-order valence-corrected chi connectivity index (χ4v) is 5.83. The van der Waals surface area contributed by atoms with Gasteiger partial charge in [0.2, 0.25) is 10.0 Å². The lowest BCUT2D eigenvalue weighted by Gasteiger charge is -2.38. The highest BCUT2D eigenvalue weighted by Gasteiger charge is 2.35. The molecule has 8 heteroatoms. The molecule has 7 nitrogen and oxygen atoms in total. The number of hydrogen-bond donors (Lipinski definition) is 1. The lowest BCUT2D eigenvalue weighted by Crippen LogP contribution is -2.41. The molecular weight excluding hydrogens is 416 g/mol. The van der Waals surface area contributed by atoms with Crippen LogP contribution in [0, 0.1) is 0 Å². The number of carbonyl (C=O) groups is 1. The van der Waals surface area contributed by atoms with Gasteiger partial charge in [-0.1, -0.05) is 0 Å². The van der Waals surface area contributed by atoms with Crippen molar-refractivity contribution in [1.29, 1.82) is 0 Å². The first-order chi connectivity index (χ1) is 14.7. The summed E-state index contributed by atoms with van der Waals surface area (Å²) in [4.78, 5) is 13.0. The van der Waals surface area contributed by atoms with E-state index in [0.29, 0.717) is 42.1 Å². The number of hydrogen-bond acceptors (Lipinski definition) is 5. The molecule has 0 unspecified atom stereocenters. The summed E-state index contributed by atoms with van der Waals surface area (Å²) in [7, 11) is -1.67. The smallest absolute Gasteiger partial charge is 0.251 e. The van der Waals surface area contributed by atoms with Gasteiger partial charge in [-0.15, -0.1) is 0 Å². The predicted molar refractivity (Wildman–Crippen MR) is 119 cm³/mol. The molecule has 2 heterocycles. The van der Waals surface area contributed by atoms with Gasteiger partial charge in [0.25, 0.3) is 5.91 Å². The van der Waals surface area contributed by atoms with Crippen molar-refractivity contribution in [1.82, 2.24) is 5.32 Å². The van der Waals surface area contributed by atoms with Crippen LogP contribution in [0.25, 0.3) is 0 Å². The summed E-state index contributed by atoms with van der Waals surface area (Å²) in [5.74, 6) is 1.35. The van der Waals surface area contributed by atoms with Crippen LogP contribution in [-0.4, -0.2) is 39.3 Å². The Bertz CT molecular complexity index is 1080. The second-order valence-corrected chi connectivity index (χ2v) is 10.7. The highest BCUT2D eigenvalue weighted by atomic mass is 32.2. The number of benzene rings is 2. The monoisotopic (exact) mass is 444 g/mol. The van der Waals surface area contributed by atoms with Gasteiger partial charge in [-0.3, -0.25) is 9.10 Å². The van der Waals surface area contributed by atoms with Crippen molar-refractivity contribution in [3.63, 3.8) is 0 Å². The largest absolute Gasteiger partial charge is 0.497 e. The number of sulfonamides is 1. The Morgan fingerprint density at radius 1 is 1.16 bits per heavy atom. The average Bonchev–Trinajstić information content (AvgIpc) is 2.72. The molecule has 0 saturated carbocycles. The molecule has 0 radical (unpaired) electrons. The van der Waals surface area contributed by atoms with Crippen LogP contribution < -0.4 is 19.1 Å². The molecule has 0 aromatic heterocycles. The van der Waals surface area contributed by atoms with Gasteiger partial charge in [0.15, 0.2) is 0 Å². The van der Waals surface area contributed by atoms with E-state index in [-0.39, 0.29) is 17.7 Å². The number of nitrogens with zero attached hydrogens (tertiary/aromatic N) is 1. The molecule has 1 saturated heterocycles. The second-order valence-electron chi connectivity index (χ2n) is 8.64. The van der Waals surface area contributed by atoms with Crippen LogP contribution in [0.4, 0.5) is 5.69 Å². The summed E-state index contributed by atoms with van der Waals surface area (Å²) in [5, 5.41) is 3.11. The number of carbonyl (C=O) groups excluding carboxylic acids is 1. The molecule has 2 aliphatic heterocycles. The van der Waals surface area contributed by atoms with Gasteiger partial charge in [-0.25, -0.2) is 8.42 Å². The molecule has 1 atom stereocenters. The SMILES string of the molecule is COc1ccc2c(c1)OC(C)(C)C[C@H]2NC(=O)c1ccc(N2CCCCS2(=O)=O)cc1. The lowest BCUT2D eigenvalue weighted by molar-refractivity contribution is 0.0617. The predicted octanol–water partition coefficient (Wildman–Crippen LogP) is 3.66. The van der Waals surface area contributed by atoms with Crippen molar-refractivity contribution < 1.29 is 22.7 Å². The van der Waals surface area contributed by atoms with Crippen LogP contribution in [0.3, 0.4) is 0 Å². The Labute approximate surface area is 183 Å². The minimum atomic E-state index is -3.28. The molecule has 1 N–H and O–H groups in total. The lowest BCUT2D eigenvalue weighted by atomic mass is 9.89. The van der Waals surface area contributed by atoms with Crippen LogP contribution in [0.15, 0.2) is 42.5 Å². The van der Waals surface area contributed by atoms with Crippen LogP contribution in [0.5, 0.6) is 11.5 Å². The molecule has 0 aliphatic carbocycles. The highest BCUT2D eigenvalue weighted by Crippen LogP contribution is 2.41. The molecule has 2 aliphatic rings. The molecule has 2 aromatic rings. The maximum absolute atomic E-state index is 13.0. The van der Waals surface area contributed by atoms with Crippen molar-refractivity contribution in [3.8, 4) is 11.5 Å². The van der Waals surface area contributed by atoms with E-state index in [4.69, 9.17) is 9.47 Å². The fraction of sp³-hybridized carbons (Fsp3) is 0.435. The van der Waals surface area contributed by atoms with E-state index in [1.54, 1.807) is 31.4 Å². The highest BCUT2D eigenvalue weighted by molar-refractivity contribution is 7.92. The van der Waals surface area contributed by atoms with Gasteiger partial charge in [-0.2, -0.15) is 0 Å². The van der Waals surface area contributed by atoms with Gasteiger partial charge < -0.3 is 14.8 Å². The van der Waals surface area contributed by atoms with Gasteiger partial charge in [0.05, 0.1) is 24.6 Å². The molecular formula is C23H28N2O5S. The van der Waals surface area contributed by atoms with Gasteiger partial charge >= 0.3 is 0 Å². The Morgan fingerprint density at radius 2 is 1.90 bits per heavy atom. The van der Waals surface area contributed by atoms with Crippen LogP contribution in [-0.2, 0) is 10.0 Å². The van der Waals surface area contributed by atoms with E-state index in [1.807, 2.05) is 32.0 Å². The summed E-state index contributed by atoms with van der Waals surface area (Å²) in [6.45, 7) is 4.45. The van der Waals surface area contributed by atoms with Crippen LogP contribution in [0.1, 0.15) is 55.1 Å². The van der Waals surface area contributed by atoms with Crippen molar-refractivity contribution in [3.05, 3.63) is 53.6 Å². The van der Waals surface area contributed by atoms with E-state index in [0.717, 1.165) is 12.0 Å². The number of methoxy groups -OCH3 is 1. The number of nitrogens with one attached hydrogen (secondary N) is 1. The molecule has 1 amide bonds. The van der Waals surface area contributed by atoms with Crippen LogP contribution >= 0.6 is 0 Å². The maximum atomic E-state index is 13.0. The van der Waals surface area contributed by atoms with Gasteiger partial charge in [0, 0.05) is 30.2 Å². The maximum Gasteiger partial charge on any atom is 0.251 e. The Hall–Kier alpha value is -2.74. The van der Waals surface area contributed by atoms with Crippen LogP contribution in [0.2, 0.25) is 0 Å². The van der Waals surface area contributed by atoms with Crippen molar-refractivity contribution >= 4 is 21.6 Å². The summed E-state index contributed by atoms with van der Waals surface area (Å²) < 4.78 is 37.4. The van der Waals surface area contributed by atoms with E-state index in [2.05, 4.69) is 5.32 Å². The Balaban J connectivity index is 1.53. The summed E-state index contributed by atoms with van der Waals surface area (Å²) in [6.07, 6.45) is 2.15. The molecule has 1 fully saturated rings. The first kappa shape index (κ1) is 21.5. The van der Waals surface area contributed by atoms with Crippen molar-refractivity contribution in [2.45, 2.75) is 44.8 Å². The number of amides is 1. The molecule has 166 valence electrons. The zero-order valence-corrected chi connectivity index (χ0v) is 18.9. The minimum absolute atomic E-state index is 0.166. The third-order valence-electron chi connectivity index (χ3n) is 5.75. The molecule has 2 aromatic carbocycles. The number of fused-ring (bicyclic) bond motifs is 1. The molecule has 31 heavy (non-hydrogen) atoms. The van der Waals surface area contributed by atoms with Crippen molar-refractivity contribution in [2.24, 2.45) is 0 Å². The topological polar surface area (TPSA) is 84.9 Å². The van der Waals surface area contributed by atoms with Crippen molar-refractivity contribution in [2.75, 3.05) is 23.7 Å². The summed E-state index contributed by atoms with van der Waals surface area (Å²) in [6, 6.07) is 12.1. The van der Waals surface area contributed by atoms with Gasteiger partial charge in [-0.05, 0) is 63.1 Å². The minimum Gasteiger partial charge on any atom is -0.497 e. The van der Waals surface area contributed by atoms with E-state index >= 15 is 0 Å². The standard InChI is InChI=1S/C23H28N2O5S/c1-23(2)15-20(19-11-10-18(29-3)14-21(19)30-23)24-22(26)16-6-8-17(9-7-16)25-12-4-5-13-31(25,27)28/h6-11,14,20H,4-5,12-13,15H2,1-3H3,(H,24,26)/t20-/m1/s1. The third-order valence-corrected chi connectivity index (χ3v) is 7.62. The van der Waals surface area contributed by atoms with E-state index in [9.17, 15) is 13.2 Å². The summed E-state index contributed by atoms with van der Waals surface area (Å²) >= 11 is 0. The average molecular weight is 445 g/mol. The van der Waals surface area contributed by atoms with E-state index < -0.39 is 15.6 Å². The first-order valence-corrected chi connectivity index (χ1v) is 12.1. The normalized spacial score (nSPS) is 21.5. The first-order valence-electron chi connectivity index (χ1n) is 10.5. The quantitative estimate of drug-likeness (QED) is 0.778. The second kappa shape index (κ2) is 8.07. The zero-order chi connectivity index (χ0) is 22.2. The fourth-order valence-electron chi connectivity index (χ4n) is 4.19. The molecule has 4 rings (SSSR count). The Kier molecular flexibility index (Phi) is 5.60. The van der Waals surface area contributed by atoms with E-state index in [1.165, 1.54) is 4.31 Å². The number of anilines is 1. The van der Waals surface area contributed by atoms with Gasteiger partial charge in [0.1, 0.15) is 17.1 Å². The number of rotatable bonds is 4. The zero-order valence-electron chi connectivity index (χ0n) is 18.1. The summed E-state index contributed by atoms with van der Waals surface area (Å²) in [5.41, 5.74) is 1.55. The Morgan fingerprint density at radius 3 is 2.58 bits per heavy atom. The molecule has 0 bridgehead atoms. The number of ether oxygens (including phenoxy) is 2. The third kappa shape index (κ3) is 4.49.